The molecule has 0 bridgehead atoms. The zero-order valence-corrected chi connectivity index (χ0v) is 15.3. The van der Waals surface area contributed by atoms with Crippen LogP contribution in [0, 0.1) is 0 Å². The van der Waals surface area contributed by atoms with Gasteiger partial charge in [-0.3, -0.25) is 4.79 Å². The number of hydrogen-bond donors (Lipinski definition) is 1. The summed E-state index contributed by atoms with van der Waals surface area (Å²) in [6.45, 7) is 0. The molecule has 1 aromatic carbocycles. The molecule has 0 fully saturated rings. The van der Waals surface area contributed by atoms with E-state index in [1.165, 1.54) is 33.3 Å². The van der Waals surface area contributed by atoms with Gasteiger partial charge in [-0.15, -0.1) is 0 Å². The Bertz CT molecular complexity index is 1040. The number of methoxy groups -OCH3 is 1. The standard InChI is InChI=1S/C17H18N4O4S/c1-20(2)26(23,24)15-10-12(7-8-14(15)25-3)18-17(22)13-11-21-9-5-4-6-16(21)19-13/h4-11H,1-3H3,(H,18,22). The highest BCUT2D eigenvalue weighted by Gasteiger charge is 2.23. The quantitative estimate of drug-likeness (QED) is 0.736. The van der Waals surface area contributed by atoms with E-state index in [-0.39, 0.29) is 16.3 Å². The molecule has 9 heteroatoms. The van der Waals surface area contributed by atoms with Gasteiger partial charge in [0.05, 0.1) is 7.11 Å². The minimum atomic E-state index is -3.73. The van der Waals surface area contributed by atoms with Crippen molar-refractivity contribution in [1.29, 1.82) is 0 Å². The number of nitrogens with zero attached hydrogens (tertiary/aromatic N) is 3. The van der Waals surface area contributed by atoms with Crippen molar-refractivity contribution < 1.29 is 17.9 Å². The molecular formula is C17H18N4O4S. The Morgan fingerprint density at radius 1 is 1.23 bits per heavy atom. The molecule has 0 radical (unpaired) electrons. The monoisotopic (exact) mass is 374 g/mol. The lowest BCUT2D eigenvalue weighted by Gasteiger charge is -2.15. The second-order valence-corrected chi connectivity index (χ2v) is 7.82. The highest BCUT2D eigenvalue weighted by atomic mass is 32.2. The Balaban J connectivity index is 1.93. The molecule has 8 nitrogen and oxygen atoms in total. The van der Waals surface area contributed by atoms with Gasteiger partial charge in [0.1, 0.15) is 22.0 Å². The summed E-state index contributed by atoms with van der Waals surface area (Å²) in [6, 6.07) is 9.87. The molecule has 3 rings (SSSR count). The molecule has 0 saturated heterocycles. The van der Waals surface area contributed by atoms with Crippen molar-refractivity contribution in [2.45, 2.75) is 4.90 Å². The fourth-order valence-corrected chi connectivity index (χ4v) is 3.47. The van der Waals surface area contributed by atoms with Gasteiger partial charge >= 0.3 is 0 Å². The molecule has 0 spiro atoms. The molecule has 136 valence electrons. The maximum absolute atomic E-state index is 12.5. The number of fused-ring (bicyclic) bond motifs is 1. The van der Waals surface area contributed by atoms with Crippen LogP contribution in [0.15, 0.2) is 53.7 Å². The van der Waals surface area contributed by atoms with Gasteiger partial charge in [0.25, 0.3) is 5.91 Å². The van der Waals surface area contributed by atoms with Crippen LogP contribution < -0.4 is 10.1 Å². The second kappa shape index (κ2) is 6.77. The Labute approximate surface area is 151 Å². The first-order valence-corrected chi connectivity index (χ1v) is 9.12. The van der Waals surface area contributed by atoms with Crippen molar-refractivity contribution in [2.24, 2.45) is 0 Å². The van der Waals surface area contributed by atoms with Crippen LogP contribution in [-0.4, -0.2) is 49.2 Å². The number of hydrogen-bond acceptors (Lipinski definition) is 5. The molecule has 0 aliphatic heterocycles. The number of anilines is 1. The summed E-state index contributed by atoms with van der Waals surface area (Å²) < 4.78 is 32.9. The molecule has 1 amide bonds. The summed E-state index contributed by atoms with van der Waals surface area (Å²) >= 11 is 0. The fraction of sp³-hybridized carbons (Fsp3) is 0.176. The summed E-state index contributed by atoms with van der Waals surface area (Å²) in [5.74, 6) is -0.239. The number of sulfonamides is 1. The zero-order valence-electron chi connectivity index (χ0n) is 14.5. The fourth-order valence-electron chi connectivity index (χ4n) is 2.39. The van der Waals surface area contributed by atoms with Gasteiger partial charge in [0.2, 0.25) is 10.0 Å². The van der Waals surface area contributed by atoms with Crippen molar-refractivity contribution >= 4 is 27.3 Å². The van der Waals surface area contributed by atoms with Crippen molar-refractivity contribution in [3.63, 3.8) is 0 Å². The number of carbonyl (C=O) groups excluding carboxylic acids is 1. The average molecular weight is 374 g/mol. The number of nitrogens with one attached hydrogen (secondary N) is 1. The van der Waals surface area contributed by atoms with Gasteiger partial charge in [-0.05, 0) is 30.3 Å². The van der Waals surface area contributed by atoms with Crippen LogP contribution in [0.2, 0.25) is 0 Å². The largest absolute Gasteiger partial charge is 0.495 e. The third-order valence-corrected chi connectivity index (χ3v) is 5.61. The third kappa shape index (κ3) is 3.26. The number of pyridine rings is 1. The number of carbonyl (C=O) groups is 1. The van der Waals surface area contributed by atoms with Crippen LogP contribution in [0.1, 0.15) is 10.5 Å². The van der Waals surface area contributed by atoms with Gasteiger partial charge < -0.3 is 14.5 Å². The highest BCUT2D eigenvalue weighted by molar-refractivity contribution is 7.89. The maximum Gasteiger partial charge on any atom is 0.275 e. The van der Waals surface area contributed by atoms with Gasteiger partial charge in [0, 0.05) is 32.2 Å². The second-order valence-electron chi connectivity index (χ2n) is 5.70. The number of benzene rings is 1. The van der Waals surface area contributed by atoms with Crippen LogP contribution in [0.25, 0.3) is 5.65 Å². The molecule has 3 aromatic rings. The first-order valence-electron chi connectivity index (χ1n) is 7.68. The van der Waals surface area contributed by atoms with Gasteiger partial charge in [-0.1, -0.05) is 6.07 Å². The molecule has 0 saturated carbocycles. The van der Waals surface area contributed by atoms with E-state index in [1.807, 2.05) is 12.1 Å². The van der Waals surface area contributed by atoms with E-state index in [4.69, 9.17) is 4.74 Å². The van der Waals surface area contributed by atoms with Gasteiger partial charge in [-0.2, -0.15) is 0 Å². The molecule has 0 aliphatic rings. The minimum Gasteiger partial charge on any atom is -0.495 e. The molecule has 2 aromatic heterocycles. The smallest absolute Gasteiger partial charge is 0.275 e. The molecule has 26 heavy (non-hydrogen) atoms. The topological polar surface area (TPSA) is 93.0 Å². The molecule has 0 atom stereocenters. The number of aromatic nitrogens is 2. The lowest BCUT2D eigenvalue weighted by Crippen LogP contribution is -2.23. The first kappa shape index (κ1) is 17.9. The number of amides is 1. The van der Waals surface area contributed by atoms with E-state index in [1.54, 1.807) is 28.9 Å². The van der Waals surface area contributed by atoms with E-state index in [0.29, 0.717) is 11.3 Å². The number of rotatable bonds is 5. The summed E-state index contributed by atoms with van der Waals surface area (Å²) in [4.78, 5) is 16.7. The zero-order chi connectivity index (χ0) is 18.9. The normalized spacial score (nSPS) is 11.7. The van der Waals surface area contributed by atoms with Crippen LogP contribution in [0.3, 0.4) is 0 Å². The Morgan fingerprint density at radius 2 is 2.00 bits per heavy atom. The van der Waals surface area contributed by atoms with Crippen molar-refractivity contribution in [3.05, 3.63) is 54.5 Å². The number of ether oxygens (including phenoxy) is 1. The van der Waals surface area contributed by atoms with Crippen LogP contribution in [0.5, 0.6) is 5.75 Å². The minimum absolute atomic E-state index is 0.0298. The van der Waals surface area contributed by atoms with E-state index in [2.05, 4.69) is 10.3 Å². The van der Waals surface area contributed by atoms with Crippen LogP contribution in [0.4, 0.5) is 5.69 Å². The lowest BCUT2D eigenvalue weighted by atomic mass is 10.3. The SMILES string of the molecule is COc1ccc(NC(=O)c2cn3ccccc3n2)cc1S(=O)(=O)N(C)C. The van der Waals surface area contributed by atoms with Gasteiger partial charge in [-0.25, -0.2) is 17.7 Å². The predicted octanol–water partition coefficient (Wildman–Crippen LogP) is 1.85. The van der Waals surface area contributed by atoms with Crippen molar-refractivity contribution in [3.8, 4) is 5.75 Å². The maximum atomic E-state index is 12.5. The Kier molecular flexibility index (Phi) is 4.66. The van der Waals surface area contributed by atoms with E-state index in [0.717, 1.165) is 4.31 Å². The molecule has 2 heterocycles. The third-order valence-electron chi connectivity index (χ3n) is 3.78. The van der Waals surface area contributed by atoms with Crippen LogP contribution in [-0.2, 0) is 10.0 Å². The van der Waals surface area contributed by atoms with Gasteiger partial charge in [0.15, 0.2) is 0 Å². The molecule has 1 N–H and O–H groups in total. The molecule has 0 aliphatic carbocycles. The van der Waals surface area contributed by atoms with E-state index < -0.39 is 15.9 Å². The van der Waals surface area contributed by atoms with Crippen LogP contribution >= 0.6 is 0 Å². The summed E-state index contributed by atoms with van der Waals surface area (Å²) in [6.07, 6.45) is 3.39. The van der Waals surface area contributed by atoms with E-state index >= 15 is 0 Å². The summed E-state index contributed by atoms with van der Waals surface area (Å²) in [5.41, 5.74) is 1.19. The molecular weight excluding hydrogens is 356 g/mol. The first-order chi connectivity index (χ1) is 12.3. The Hall–Kier alpha value is -2.91. The summed E-state index contributed by atoms with van der Waals surface area (Å²) in [5, 5.41) is 2.67. The summed E-state index contributed by atoms with van der Waals surface area (Å²) in [7, 11) is 0.517. The van der Waals surface area contributed by atoms with Crippen molar-refractivity contribution in [2.75, 3.05) is 26.5 Å². The molecule has 0 unspecified atom stereocenters. The lowest BCUT2D eigenvalue weighted by molar-refractivity contribution is 0.102. The van der Waals surface area contributed by atoms with Crippen molar-refractivity contribution in [1.82, 2.24) is 13.7 Å². The van der Waals surface area contributed by atoms with E-state index in [9.17, 15) is 13.2 Å². The average Bonchev–Trinajstić information content (AvgIpc) is 3.06. The number of imidazole rings is 1. The Morgan fingerprint density at radius 3 is 2.65 bits per heavy atom. The predicted molar refractivity (Wildman–Crippen MR) is 97.0 cm³/mol. The highest BCUT2D eigenvalue weighted by Crippen LogP contribution is 2.29.